The van der Waals surface area contributed by atoms with E-state index in [1.54, 1.807) is 7.11 Å². The van der Waals surface area contributed by atoms with E-state index in [1.165, 1.54) is 6.07 Å². The van der Waals surface area contributed by atoms with Gasteiger partial charge in [-0.3, -0.25) is 0 Å². The van der Waals surface area contributed by atoms with Crippen molar-refractivity contribution in [1.82, 2.24) is 15.3 Å². The van der Waals surface area contributed by atoms with Crippen LogP contribution >= 0.6 is 7.92 Å². The van der Waals surface area contributed by atoms with Crippen molar-refractivity contribution in [1.29, 1.82) is 0 Å². The van der Waals surface area contributed by atoms with Crippen molar-refractivity contribution in [2.24, 2.45) is 0 Å². The normalized spacial score (nSPS) is 16.7. The van der Waals surface area contributed by atoms with Crippen molar-refractivity contribution in [3.8, 4) is 17.0 Å². The molecule has 9 nitrogen and oxygen atoms in total. The molecule has 1 aromatic carbocycles. The van der Waals surface area contributed by atoms with Crippen LogP contribution < -0.4 is 10.2 Å². The van der Waals surface area contributed by atoms with Crippen LogP contribution in [0.2, 0.25) is 0 Å². The van der Waals surface area contributed by atoms with Crippen molar-refractivity contribution < 1.29 is 24.0 Å². The van der Waals surface area contributed by atoms with Gasteiger partial charge in [-0.05, 0) is 0 Å². The standard InChI is InChI=1S/C19H19N4O5P/c1-28-13-7-8-23(10-13)16-9-14(18(24)21-15(11-29-27)19(25)26)20-17(22-16)12-5-3-2-4-6-12/h2-6,9,13,15H,7-8,10H2,1H3,(H,21,24)(H,25,26)/t13-,15-/m0/s1. The number of nitrogens with zero attached hydrogens (tertiary/aromatic N) is 3. The number of carbonyl (C=O) groups excluding carboxylic acids is 1. The number of carboxylic acid groups (broad SMARTS) is 1. The van der Waals surface area contributed by atoms with Crippen molar-refractivity contribution in [3.63, 3.8) is 0 Å². The number of carboxylic acids is 1. The summed E-state index contributed by atoms with van der Waals surface area (Å²) in [5.41, 5.74) is 2.85. The number of ether oxygens (including phenoxy) is 1. The van der Waals surface area contributed by atoms with Gasteiger partial charge in [0.2, 0.25) is 0 Å². The van der Waals surface area contributed by atoms with Gasteiger partial charge in [-0.15, -0.1) is 0 Å². The molecular formula is C19H19N4O5P. The summed E-state index contributed by atoms with van der Waals surface area (Å²) in [5, 5.41) is 11.4. The third kappa shape index (κ3) is 5.09. The van der Waals surface area contributed by atoms with Crippen LogP contribution in [-0.4, -0.2) is 59.3 Å². The van der Waals surface area contributed by atoms with Gasteiger partial charge in [-0.1, -0.05) is 0 Å². The van der Waals surface area contributed by atoms with E-state index >= 15 is 0 Å². The van der Waals surface area contributed by atoms with E-state index in [-0.39, 0.29) is 11.8 Å². The van der Waals surface area contributed by atoms with E-state index in [2.05, 4.69) is 20.9 Å². The predicted molar refractivity (Wildman–Crippen MR) is 105 cm³/mol. The summed E-state index contributed by atoms with van der Waals surface area (Å²) < 4.78 is 16.1. The number of hydrogen-bond acceptors (Lipinski definition) is 7. The molecule has 0 radical (unpaired) electrons. The fourth-order valence-corrected chi connectivity index (χ4v) is 3.25. The van der Waals surface area contributed by atoms with E-state index in [4.69, 9.17) is 9.84 Å². The number of rotatable bonds is 6. The van der Waals surface area contributed by atoms with Crippen LogP contribution in [0, 0.1) is 5.63 Å². The van der Waals surface area contributed by atoms with Crippen LogP contribution in [0.5, 0.6) is 0 Å². The van der Waals surface area contributed by atoms with Crippen LogP contribution in [0.1, 0.15) is 16.9 Å². The maximum absolute atomic E-state index is 12.7. The number of aromatic nitrogens is 2. The van der Waals surface area contributed by atoms with E-state index < -0.39 is 25.8 Å². The molecule has 2 aromatic rings. The molecule has 0 aliphatic carbocycles. The third-order valence-corrected chi connectivity index (χ3v) is 4.85. The first kappa shape index (κ1) is 20.7. The Bertz CT molecular complexity index is 1010. The van der Waals surface area contributed by atoms with E-state index in [9.17, 15) is 14.2 Å². The Balaban J connectivity index is 1.98. The molecule has 0 saturated carbocycles. The number of nitrogens with one attached hydrogen (secondary N) is 1. The monoisotopic (exact) mass is 414 g/mol. The minimum absolute atomic E-state index is 0.00494. The molecule has 2 atom stereocenters. The summed E-state index contributed by atoms with van der Waals surface area (Å²) in [6.45, 7) is 1.33. The zero-order chi connectivity index (χ0) is 20.8. The number of hydrogen-bond donors (Lipinski definition) is 2. The van der Waals surface area contributed by atoms with Crippen LogP contribution in [0.4, 0.5) is 5.82 Å². The molecule has 29 heavy (non-hydrogen) atoms. The molecule has 150 valence electrons. The number of methoxy groups -OCH3 is 1. The SMILES string of the molecule is CO[C@H]1CCN(c2cc(C(=O)N[C@@H](C#P=O)C(=O)O)nc(-c3ccccc3)n2)C1. The first-order chi connectivity index (χ1) is 14.0. The fraction of sp³-hybridized carbons (Fsp3) is 0.316. The molecule has 1 amide bonds. The predicted octanol–water partition coefficient (Wildman–Crippen LogP) is 1.80. The molecular weight excluding hydrogens is 395 g/mol. The van der Waals surface area contributed by atoms with Gasteiger partial charge in [0.25, 0.3) is 0 Å². The van der Waals surface area contributed by atoms with E-state index in [1.807, 2.05) is 35.2 Å². The van der Waals surface area contributed by atoms with E-state index in [0.717, 1.165) is 12.0 Å². The zero-order valence-electron chi connectivity index (χ0n) is 15.6. The number of aliphatic carboxylic acids is 1. The van der Waals surface area contributed by atoms with Crippen LogP contribution in [0.25, 0.3) is 11.4 Å². The van der Waals surface area contributed by atoms with Gasteiger partial charge in [-0.25, -0.2) is 0 Å². The summed E-state index contributed by atoms with van der Waals surface area (Å²) >= 11 is 0. The molecule has 1 fully saturated rings. The second-order valence-corrected chi connectivity index (χ2v) is 6.80. The molecule has 3 rings (SSSR count). The van der Waals surface area contributed by atoms with E-state index in [0.29, 0.717) is 24.7 Å². The van der Waals surface area contributed by atoms with Crippen LogP contribution in [-0.2, 0) is 14.1 Å². The molecule has 2 N–H and O–H groups in total. The first-order valence-corrected chi connectivity index (χ1v) is 9.67. The Kier molecular flexibility index (Phi) is 6.77. The summed E-state index contributed by atoms with van der Waals surface area (Å²) in [7, 11) is 1.03. The Labute approximate surface area is 168 Å². The van der Waals surface area contributed by atoms with Crippen LogP contribution in [0.3, 0.4) is 0 Å². The van der Waals surface area contributed by atoms with Crippen LogP contribution in [0.15, 0.2) is 36.4 Å². The molecule has 1 aliphatic rings. The van der Waals surface area contributed by atoms with Gasteiger partial charge >= 0.3 is 168 Å². The second-order valence-electron chi connectivity index (χ2n) is 6.36. The molecule has 1 aliphatic heterocycles. The summed E-state index contributed by atoms with van der Waals surface area (Å²) in [5.74, 6) is -1.21. The van der Waals surface area contributed by atoms with Gasteiger partial charge in [0.1, 0.15) is 0 Å². The number of anilines is 1. The summed E-state index contributed by atoms with van der Waals surface area (Å²) in [4.78, 5) is 34.7. The topological polar surface area (TPSA) is 122 Å². The molecule has 2 heterocycles. The Morgan fingerprint density at radius 2 is 2.10 bits per heavy atom. The number of amides is 1. The zero-order valence-corrected chi connectivity index (χ0v) is 16.5. The minimum atomic E-state index is -1.52. The number of benzene rings is 1. The maximum atomic E-state index is 12.7. The molecule has 1 saturated heterocycles. The molecule has 1 aromatic heterocycles. The first-order valence-electron chi connectivity index (χ1n) is 8.85. The van der Waals surface area contributed by atoms with Gasteiger partial charge in [0.15, 0.2) is 0 Å². The van der Waals surface area contributed by atoms with Gasteiger partial charge in [0, 0.05) is 0 Å². The molecule has 0 bridgehead atoms. The molecule has 0 unspecified atom stereocenters. The second kappa shape index (κ2) is 9.47. The average Bonchev–Trinajstić information content (AvgIpc) is 3.23. The van der Waals surface area contributed by atoms with Crippen molar-refractivity contribution >= 4 is 25.6 Å². The number of carbonyl (C=O) groups is 2. The third-order valence-electron chi connectivity index (χ3n) is 4.48. The molecule has 0 spiro atoms. The Hall–Kier alpha value is -2.99. The Morgan fingerprint density at radius 3 is 2.72 bits per heavy atom. The quantitative estimate of drug-likeness (QED) is 0.687. The van der Waals surface area contributed by atoms with Crippen molar-refractivity contribution in [2.45, 2.75) is 18.6 Å². The molecule has 10 heteroatoms. The van der Waals surface area contributed by atoms with Gasteiger partial charge in [-0.2, -0.15) is 0 Å². The van der Waals surface area contributed by atoms with Crippen molar-refractivity contribution in [2.75, 3.05) is 25.1 Å². The fourth-order valence-electron chi connectivity index (χ4n) is 2.96. The average molecular weight is 414 g/mol. The van der Waals surface area contributed by atoms with Gasteiger partial charge < -0.3 is 0 Å². The van der Waals surface area contributed by atoms with Crippen molar-refractivity contribution in [3.05, 3.63) is 42.1 Å². The summed E-state index contributed by atoms with van der Waals surface area (Å²) in [6.07, 6.45) is 0.898. The van der Waals surface area contributed by atoms with Gasteiger partial charge in [0.05, 0.1) is 0 Å². The Morgan fingerprint density at radius 1 is 1.34 bits per heavy atom. The summed E-state index contributed by atoms with van der Waals surface area (Å²) in [6, 6.07) is 9.15.